The van der Waals surface area contributed by atoms with Crippen LogP contribution in [0.15, 0.2) is 12.3 Å². The molecule has 0 atom stereocenters. The van der Waals surface area contributed by atoms with Gasteiger partial charge in [-0.1, -0.05) is 6.92 Å². The van der Waals surface area contributed by atoms with Crippen molar-refractivity contribution >= 4 is 5.95 Å². The third-order valence-corrected chi connectivity index (χ3v) is 2.69. The minimum Gasteiger partial charge on any atom is -0.478 e. The number of anilines is 1. The average molecular weight is 222 g/mol. The molecule has 2 rings (SSSR count). The highest BCUT2D eigenvalue weighted by molar-refractivity contribution is 5.33. The number of ether oxygens (including phenoxy) is 1. The summed E-state index contributed by atoms with van der Waals surface area (Å²) in [5.74, 6) is 1.39. The Morgan fingerprint density at radius 2 is 2.38 bits per heavy atom. The quantitative estimate of drug-likeness (QED) is 0.793. The molecule has 0 radical (unpaired) electrons. The maximum Gasteiger partial charge on any atom is 0.228 e. The minimum atomic E-state index is 0.501. The van der Waals surface area contributed by atoms with Gasteiger partial charge in [-0.25, -0.2) is 4.98 Å². The molecule has 1 aliphatic heterocycles. The molecule has 1 fully saturated rings. The van der Waals surface area contributed by atoms with Gasteiger partial charge in [-0.3, -0.25) is 0 Å². The van der Waals surface area contributed by atoms with Crippen LogP contribution in [0.1, 0.15) is 13.3 Å². The molecular weight excluding hydrogens is 204 g/mol. The van der Waals surface area contributed by atoms with E-state index in [1.807, 2.05) is 7.05 Å². The molecule has 88 valence electrons. The Balaban J connectivity index is 2.02. The van der Waals surface area contributed by atoms with Crippen LogP contribution in [-0.2, 0) is 0 Å². The van der Waals surface area contributed by atoms with Gasteiger partial charge in [-0.2, -0.15) is 4.98 Å². The third-order valence-electron chi connectivity index (χ3n) is 2.69. The lowest BCUT2D eigenvalue weighted by Gasteiger charge is -2.35. The summed E-state index contributed by atoms with van der Waals surface area (Å²) in [5, 5.41) is 3.23. The number of nitrogens with one attached hydrogen (secondary N) is 1. The first kappa shape index (κ1) is 11.1. The van der Waals surface area contributed by atoms with Crippen molar-refractivity contribution in [2.75, 3.05) is 31.6 Å². The number of likely N-dealkylation sites (N-methyl/N-ethyl adjacent to an activating group) is 1. The molecule has 16 heavy (non-hydrogen) atoms. The largest absolute Gasteiger partial charge is 0.478 e. The summed E-state index contributed by atoms with van der Waals surface area (Å²) in [4.78, 5) is 10.7. The lowest BCUT2D eigenvalue weighted by Crippen LogP contribution is -2.56. The Kier molecular flexibility index (Phi) is 3.56. The van der Waals surface area contributed by atoms with Crippen molar-refractivity contribution in [1.29, 1.82) is 0 Å². The Hall–Kier alpha value is -1.36. The molecule has 0 aromatic carbocycles. The Morgan fingerprint density at radius 3 is 3.00 bits per heavy atom. The van der Waals surface area contributed by atoms with E-state index in [1.165, 1.54) is 0 Å². The molecule has 0 bridgehead atoms. The van der Waals surface area contributed by atoms with Gasteiger partial charge < -0.3 is 15.0 Å². The SMILES string of the molecule is CCCOc1ccnc(N(C)C2CNC2)n1. The standard InChI is InChI=1S/C11H18N4O/c1-3-6-16-10-4-5-13-11(14-10)15(2)9-7-12-8-9/h4-5,9,12H,3,6-8H2,1-2H3. The Labute approximate surface area is 95.8 Å². The number of hydrogen-bond acceptors (Lipinski definition) is 5. The van der Waals surface area contributed by atoms with Crippen molar-refractivity contribution in [2.24, 2.45) is 0 Å². The zero-order valence-electron chi connectivity index (χ0n) is 9.81. The monoisotopic (exact) mass is 222 g/mol. The van der Waals surface area contributed by atoms with Crippen LogP contribution in [0.3, 0.4) is 0 Å². The van der Waals surface area contributed by atoms with Crippen LogP contribution in [0.5, 0.6) is 5.88 Å². The second-order valence-corrected chi connectivity index (χ2v) is 3.97. The molecule has 1 aliphatic rings. The van der Waals surface area contributed by atoms with E-state index in [0.29, 0.717) is 18.5 Å². The normalized spacial score (nSPS) is 15.6. The van der Waals surface area contributed by atoms with Crippen LogP contribution >= 0.6 is 0 Å². The minimum absolute atomic E-state index is 0.501. The van der Waals surface area contributed by atoms with Gasteiger partial charge >= 0.3 is 0 Å². The molecule has 0 aliphatic carbocycles. The summed E-state index contributed by atoms with van der Waals surface area (Å²) in [5.41, 5.74) is 0. The van der Waals surface area contributed by atoms with Crippen LogP contribution < -0.4 is 15.0 Å². The summed E-state index contributed by atoms with van der Waals surface area (Å²) in [6.07, 6.45) is 2.73. The van der Waals surface area contributed by atoms with Crippen molar-refractivity contribution < 1.29 is 4.74 Å². The van der Waals surface area contributed by atoms with E-state index in [2.05, 4.69) is 27.1 Å². The fourth-order valence-electron chi connectivity index (χ4n) is 1.50. The molecule has 1 saturated heterocycles. The summed E-state index contributed by atoms with van der Waals surface area (Å²) >= 11 is 0. The van der Waals surface area contributed by atoms with Crippen molar-refractivity contribution in [3.63, 3.8) is 0 Å². The Morgan fingerprint density at radius 1 is 1.56 bits per heavy atom. The highest BCUT2D eigenvalue weighted by atomic mass is 16.5. The second-order valence-electron chi connectivity index (χ2n) is 3.97. The molecule has 0 spiro atoms. The van der Waals surface area contributed by atoms with E-state index in [1.54, 1.807) is 12.3 Å². The van der Waals surface area contributed by atoms with E-state index in [0.717, 1.165) is 25.5 Å². The molecule has 5 heteroatoms. The van der Waals surface area contributed by atoms with Crippen LogP contribution in [0.4, 0.5) is 5.95 Å². The lowest BCUT2D eigenvalue weighted by molar-refractivity contribution is 0.304. The van der Waals surface area contributed by atoms with Gasteiger partial charge in [0, 0.05) is 32.4 Å². The second kappa shape index (κ2) is 5.12. The van der Waals surface area contributed by atoms with Gasteiger partial charge in [0.1, 0.15) is 0 Å². The highest BCUT2D eigenvalue weighted by Gasteiger charge is 2.23. The number of rotatable bonds is 5. The zero-order valence-corrected chi connectivity index (χ0v) is 9.81. The molecule has 0 amide bonds. The van der Waals surface area contributed by atoms with Gasteiger partial charge in [0.15, 0.2) is 0 Å². The fourth-order valence-corrected chi connectivity index (χ4v) is 1.50. The van der Waals surface area contributed by atoms with Gasteiger partial charge in [0.25, 0.3) is 0 Å². The lowest BCUT2D eigenvalue weighted by atomic mass is 10.1. The molecule has 0 unspecified atom stereocenters. The molecule has 1 aromatic rings. The Bertz CT molecular complexity index is 341. The predicted molar refractivity (Wildman–Crippen MR) is 62.9 cm³/mol. The van der Waals surface area contributed by atoms with Gasteiger partial charge in [0.2, 0.25) is 11.8 Å². The van der Waals surface area contributed by atoms with E-state index >= 15 is 0 Å². The topological polar surface area (TPSA) is 50.3 Å². The van der Waals surface area contributed by atoms with Crippen molar-refractivity contribution in [1.82, 2.24) is 15.3 Å². The molecular formula is C11H18N4O. The van der Waals surface area contributed by atoms with Crippen LogP contribution in [0.2, 0.25) is 0 Å². The molecule has 1 aromatic heterocycles. The van der Waals surface area contributed by atoms with Gasteiger partial charge in [-0.05, 0) is 6.42 Å². The molecule has 1 N–H and O–H groups in total. The van der Waals surface area contributed by atoms with E-state index < -0.39 is 0 Å². The van der Waals surface area contributed by atoms with Gasteiger partial charge in [0.05, 0.1) is 12.6 Å². The summed E-state index contributed by atoms with van der Waals surface area (Å²) in [7, 11) is 2.02. The molecule has 5 nitrogen and oxygen atoms in total. The summed E-state index contributed by atoms with van der Waals surface area (Å²) in [6, 6.07) is 2.30. The van der Waals surface area contributed by atoms with Crippen LogP contribution in [0, 0.1) is 0 Å². The fraction of sp³-hybridized carbons (Fsp3) is 0.636. The van der Waals surface area contributed by atoms with Crippen molar-refractivity contribution in [2.45, 2.75) is 19.4 Å². The van der Waals surface area contributed by atoms with E-state index in [-0.39, 0.29) is 0 Å². The molecule has 0 saturated carbocycles. The predicted octanol–water partition coefficient (Wildman–Crippen LogP) is 0.673. The van der Waals surface area contributed by atoms with Crippen molar-refractivity contribution in [3.05, 3.63) is 12.3 Å². The van der Waals surface area contributed by atoms with Gasteiger partial charge in [-0.15, -0.1) is 0 Å². The maximum absolute atomic E-state index is 5.48. The first-order valence-electron chi connectivity index (χ1n) is 5.70. The smallest absolute Gasteiger partial charge is 0.228 e. The highest BCUT2D eigenvalue weighted by Crippen LogP contribution is 2.15. The summed E-state index contributed by atoms with van der Waals surface area (Å²) in [6.45, 7) is 4.78. The average Bonchev–Trinajstić information content (AvgIpc) is 2.24. The summed E-state index contributed by atoms with van der Waals surface area (Å²) < 4.78 is 5.48. The van der Waals surface area contributed by atoms with Crippen LogP contribution in [0.25, 0.3) is 0 Å². The maximum atomic E-state index is 5.48. The number of aromatic nitrogens is 2. The van der Waals surface area contributed by atoms with Crippen LogP contribution in [-0.4, -0.2) is 42.8 Å². The zero-order chi connectivity index (χ0) is 11.4. The van der Waals surface area contributed by atoms with E-state index in [9.17, 15) is 0 Å². The number of nitrogens with zero attached hydrogens (tertiary/aromatic N) is 3. The van der Waals surface area contributed by atoms with E-state index in [4.69, 9.17) is 4.74 Å². The number of hydrogen-bond donors (Lipinski definition) is 1. The third kappa shape index (κ3) is 2.41. The molecule has 2 heterocycles. The first-order chi connectivity index (χ1) is 7.81. The van der Waals surface area contributed by atoms with Crippen molar-refractivity contribution in [3.8, 4) is 5.88 Å². The first-order valence-corrected chi connectivity index (χ1v) is 5.70.